The van der Waals surface area contributed by atoms with Gasteiger partial charge >= 0.3 is 0 Å². The van der Waals surface area contributed by atoms with Crippen molar-refractivity contribution in [3.05, 3.63) is 60.7 Å². The Morgan fingerprint density at radius 2 is 1.68 bits per heavy atom. The number of rotatable bonds is 6. The van der Waals surface area contributed by atoms with Crippen LogP contribution in [0.3, 0.4) is 0 Å². The largest absolute Gasteiger partial charge is 0.326 e. The summed E-state index contributed by atoms with van der Waals surface area (Å²) in [6, 6.07) is 12.6. The van der Waals surface area contributed by atoms with Crippen LogP contribution in [0.5, 0.6) is 0 Å². The molecule has 4 rings (SSSR count). The number of aromatic nitrogens is 5. The van der Waals surface area contributed by atoms with Crippen LogP contribution in [0.4, 0.5) is 15.8 Å². The summed E-state index contributed by atoms with van der Waals surface area (Å²) in [6.07, 6.45) is 1.37. The highest BCUT2D eigenvalue weighted by molar-refractivity contribution is 8.00. The Bertz CT molecular complexity index is 1240. The number of thioether (sulfide) groups is 1. The molecule has 0 unspecified atom stereocenters. The molecule has 4 aromatic rings. The van der Waals surface area contributed by atoms with E-state index in [1.807, 2.05) is 0 Å². The predicted molar refractivity (Wildman–Crippen MR) is 115 cm³/mol. The van der Waals surface area contributed by atoms with Crippen LogP contribution in [0.2, 0.25) is 0 Å². The lowest BCUT2D eigenvalue weighted by Crippen LogP contribution is -2.14. The summed E-state index contributed by atoms with van der Waals surface area (Å²) < 4.78 is 14.7. The van der Waals surface area contributed by atoms with Crippen LogP contribution in [0.1, 0.15) is 6.92 Å². The van der Waals surface area contributed by atoms with Crippen LogP contribution in [0.25, 0.3) is 16.9 Å². The summed E-state index contributed by atoms with van der Waals surface area (Å²) >= 11 is 1.20. The van der Waals surface area contributed by atoms with Gasteiger partial charge in [-0.05, 0) is 48.5 Å². The summed E-state index contributed by atoms with van der Waals surface area (Å²) in [4.78, 5) is 31.8. The van der Waals surface area contributed by atoms with Gasteiger partial charge in [0.25, 0.3) is 0 Å². The van der Waals surface area contributed by atoms with Crippen molar-refractivity contribution in [1.82, 2.24) is 25.0 Å². The van der Waals surface area contributed by atoms with Crippen LogP contribution < -0.4 is 10.6 Å². The number of carbonyl (C=O) groups is 2. The van der Waals surface area contributed by atoms with Crippen molar-refractivity contribution in [2.24, 2.45) is 0 Å². The van der Waals surface area contributed by atoms with Gasteiger partial charge in [0, 0.05) is 18.3 Å². The Hall–Kier alpha value is -3.86. The molecule has 0 radical (unpaired) electrons. The molecule has 0 bridgehead atoms. The van der Waals surface area contributed by atoms with E-state index in [-0.39, 0.29) is 23.4 Å². The van der Waals surface area contributed by atoms with Gasteiger partial charge in [-0.3, -0.25) is 9.59 Å². The molecule has 11 heteroatoms. The van der Waals surface area contributed by atoms with Crippen molar-refractivity contribution in [2.75, 3.05) is 16.4 Å². The first-order valence-electron chi connectivity index (χ1n) is 9.12. The quantitative estimate of drug-likeness (QED) is 0.352. The molecule has 156 valence electrons. The van der Waals surface area contributed by atoms with Gasteiger partial charge in [-0.15, -0.1) is 5.10 Å². The Morgan fingerprint density at radius 3 is 2.35 bits per heavy atom. The highest BCUT2D eigenvalue weighted by Gasteiger charge is 2.15. The van der Waals surface area contributed by atoms with Crippen LogP contribution in [0.15, 0.2) is 59.9 Å². The zero-order valence-corrected chi connectivity index (χ0v) is 17.1. The zero-order chi connectivity index (χ0) is 21.8. The van der Waals surface area contributed by atoms with E-state index in [9.17, 15) is 14.0 Å². The van der Waals surface area contributed by atoms with Crippen LogP contribution in [0, 0.1) is 5.82 Å². The Labute approximate surface area is 180 Å². The summed E-state index contributed by atoms with van der Waals surface area (Å²) in [6.45, 7) is 1.43. The number of fused-ring (bicyclic) bond motifs is 1. The molecule has 0 saturated heterocycles. The first kappa shape index (κ1) is 20.4. The van der Waals surface area contributed by atoms with Gasteiger partial charge in [0.1, 0.15) is 17.2 Å². The first-order valence-corrected chi connectivity index (χ1v) is 10.1. The lowest BCUT2D eigenvalue weighted by molar-refractivity contribution is -0.114. The standard InChI is InChI=1S/C20H16FN7O2S/c1-12(29)24-14-4-6-15(7-5-14)25-17(30)10-31-20-18-19(22-11-23-20)28(27-26-18)16-8-2-13(21)3-9-16/h2-9,11H,10H2,1H3,(H,24,29)(H,25,30). The molecule has 31 heavy (non-hydrogen) atoms. The number of halogens is 1. The van der Waals surface area contributed by atoms with Crippen molar-refractivity contribution >= 4 is 46.1 Å². The van der Waals surface area contributed by atoms with Crippen LogP contribution in [-0.4, -0.2) is 42.5 Å². The summed E-state index contributed by atoms with van der Waals surface area (Å²) in [5.41, 5.74) is 2.77. The molecular weight excluding hydrogens is 421 g/mol. The van der Waals surface area contributed by atoms with Crippen LogP contribution >= 0.6 is 11.8 Å². The third-order valence-corrected chi connectivity index (χ3v) is 5.08. The molecule has 0 fully saturated rings. The van der Waals surface area contributed by atoms with Gasteiger partial charge in [-0.25, -0.2) is 14.4 Å². The number of nitrogens with zero attached hydrogens (tertiary/aromatic N) is 5. The number of anilines is 2. The number of hydrogen-bond acceptors (Lipinski definition) is 7. The van der Waals surface area contributed by atoms with Gasteiger partial charge in [-0.1, -0.05) is 17.0 Å². The number of hydrogen-bond donors (Lipinski definition) is 2. The maximum Gasteiger partial charge on any atom is 0.234 e. The number of benzene rings is 2. The zero-order valence-electron chi connectivity index (χ0n) is 16.2. The fourth-order valence-electron chi connectivity index (χ4n) is 2.76. The van der Waals surface area contributed by atoms with E-state index in [1.165, 1.54) is 41.8 Å². The second kappa shape index (κ2) is 8.88. The van der Waals surface area contributed by atoms with Crippen molar-refractivity contribution in [3.63, 3.8) is 0 Å². The second-order valence-electron chi connectivity index (χ2n) is 6.42. The third kappa shape index (κ3) is 4.83. The van der Waals surface area contributed by atoms with Crippen molar-refractivity contribution in [3.8, 4) is 5.69 Å². The highest BCUT2D eigenvalue weighted by atomic mass is 32.2. The van der Waals surface area contributed by atoms with Gasteiger partial charge in [0.15, 0.2) is 11.2 Å². The van der Waals surface area contributed by atoms with Gasteiger partial charge in [0.2, 0.25) is 11.8 Å². The molecule has 2 aromatic carbocycles. The van der Waals surface area contributed by atoms with Gasteiger partial charge in [0.05, 0.1) is 11.4 Å². The predicted octanol–water partition coefficient (Wildman–Crippen LogP) is 3.04. The summed E-state index contributed by atoms with van der Waals surface area (Å²) in [5.74, 6) is -0.645. The molecular formula is C20H16FN7O2S. The molecule has 2 heterocycles. The van der Waals surface area contributed by atoms with Crippen LogP contribution in [-0.2, 0) is 9.59 Å². The minimum atomic E-state index is -0.352. The van der Waals surface area contributed by atoms with Crippen molar-refractivity contribution in [2.45, 2.75) is 11.9 Å². The summed E-state index contributed by atoms with van der Waals surface area (Å²) in [7, 11) is 0. The van der Waals surface area contributed by atoms with Gasteiger partial charge in [-0.2, -0.15) is 4.68 Å². The van der Waals surface area contributed by atoms with E-state index in [4.69, 9.17) is 0 Å². The fraction of sp³-hybridized carbons (Fsp3) is 0.100. The van der Waals surface area contributed by atoms with E-state index >= 15 is 0 Å². The number of carbonyl (C=O) groups excluding carboxylic acids is 2. The molecule has 0 aliphatic rings. The molecule has 0 spiro atoms. The van der Waals surface area contributed by atoms with E-state index in [0.29, 0.717) is 33.3 Å². The van der Waals surface area contributed by atoms with Crippen molar-refractivity contribution in [1.29, 1.82) is 0 Å². The SMILES string of the molecule is CC(=O)Nc1ccc(NC(=O)CSc2ncnc3c2nnn3-c2ccc(F)cc2)cc1. The lowest BCUT2D eigenvalue weighted by Gasteiger charge is -2.07. The Morgan fingerprint density at radius 1 is 1.00 bits per heavy atom. The monoisotopic (exact) mass is 437 g/mol. The average molecular weight is 437 g/mol. The fourth-order valence-corrected chi connectivity index (χ4v) is 3.49. The van der Waals surface area contributed by atoms with E-state index < -0.39 is 0 Å². The highest BCUT2D eigenvalue weighted by Crippen LogP contribution is 2.24. The molecule has 9 nitrogen and oxygen atoms in total. The minimum absolute atomic E-state index is 0.100. The number of amides is 2. The van der Waals surface area contributed by atoms with E-state index in [1.54, 1.807) is 36.4 Å². The topological polar surface area (TPSA) is 115 Å². The maximum absolute atomic E-state index is 13.2. The smallest absolute Gasteiger partial charge is 0.234 e. The normalized spacial score (nSPS) is 10.8. The molecule has 0 aliphatic carbocycles. The first-order chi connectivity index (χ1) is 15.0. The minimum Gasteiger partial charge on any atom is -0.326 e. The maximum atomic E-state index is 13.2. The van der Waals surface area contributed by atoms with Gasteiger partial charge < -0.3 is 10.6 Å². The number of nitrogens with one attached hydrogen (secondary N) is 2. The third-order valence-electron chi connectivity index (χ3n) is 4.10. The van der Waals surface area contributed by atoms with E-state index in [0.717, 1.165) is 0 Å². The molecule has 2 amide bonds. The molecule has 0 aliphatic heterocycles. The summed E-state index contributed by atoms with van der Waals surface area (Å²) in [5, 5.41) is 14.2. The average Bonchev–Trinajstić information content (AvgIpc) is 3.19. The lowest BCUT2D eigenvalue weighted by atomic mass is 10.3. The second-order valence-corrected chi connectivity index (χ2v) is 7.39. The molecule has 2 aromatic heterocycles. The molecule has 0 saturated carbocycles. The van der Waals surface area contributed by atoms with Crippen molar-refractivity contribution < 1.29 is 14.0 Å². The Balaban J connectivity index is 1.43. The van der Waals surface area contributed by atoms with E-state index in [2.05, 4.69) is 30.9 Å². The molecule has 2 N–H and O–H groups in total. The Kier molecular flexibility index (Phi) is 5.85. The molecule has 0 atom stereocenters.